The summed E-state index contributed by atoms with van der Waals surface area (Å²) in [5, 5.41) is 13.3. The molecule has 0 spiro atoms. The summed E-state index contributed by atoms with van der Waals surface area (Å²) in [6.45, 7) is 14.2. The smallest absolute Gasteiger partial charge is 0.326 e. The van der Waals surface area contributed by atoms with E-state index in [9.17, 15) is 14.7 Å². The van der Waals surface area contributed by atoms with Crippen molar-refractivity contribution >= 4 is 22.8 Å². The van der Waals surface area contributed by atoms with E-state index in [2.05, 4.69) is 37.9 Å². The average molecular weight is 370 g/mol. The summed E-state index contributed by atoms with van der Waals surface area (Å²) in [4.78, 5) is 24.7. The predicted molar refractivity (Wildman–Crippen MR) is 109 cm³/mol. The number of carboxylic acid groups (broad SMARTS) is 1. The summed E-state index contributed by atoms with van der Waals surface area (Å²) in [5.41, 5.74) is 3.52. The lowest BCUT2D eigenvalue weighted by Gasteiger charge is -2.21. The molecule has 1 aromatic carbocycles. The second kappa shape index (κ2) is 8.42. The van der Waals surface area contributed by atoms with Gasteiger partial charge in [0.05, 0.1) is 0 Å². The van der Waals surface area contributed by atoms with Crippen molar-refractivity contribution in [1.29, 1.82) is 0 Å². The molecule has 2 unspecified atom stereocenters. The van der Waals surface area contributed by atoms with Crippen LogP contribution in [0.4, 0.5) is 0 Å². The van der Waals surface area contributed by atoms with Crippen LogP contribution in [0.1, 0.15) is 61.6 Å². The molecule has 1 amide bonds. The van der Waals surface area contributed by atoms with Gasteiger partial charge in [0.2, 0.25) is 0 Å². The van der Waals surface area contributed by atoms with Gasteiger partial charge in [-0.15, -0.1) is 6.58 Å². The van der Waals surface area contributed by atoms with Gasteiger partial charge in [-0.3, -0.25) is 4.79 Å². The maximum atomic E-state index is 13.1. The van der Waals surface area contributed by atoms with Crippen molar-refractivity contribution in [3.05, 3.63) is 47.7 Å². The summed E-state index contributed by atoms with van der Waals surface area (Å²) >= 11 is 0. The van der Waals surface area contributed by atoms with E-state index in [4.69, 9.17) is 0 Å². The third-order valence-electron chi connectivity index (χ3n) is 5.30. The molecule has 146 valence electrons. The Balaban J connectivity index is 2.56. The van der Waals surface area contributed by atoms with Gasteiger partial charge in [-0.25, -0.2) is 4.79 Å². The van der Waals surface area contributed by atoms with Crippen molar-refractivity contribution in [2.75, 3.05) is 0 Å². The van der Waals surface area contributed by atoms with Gasteiger partial charge in [-0.05, 0) is 42.0 Å². The first-order valence-electron chi connectivity index (χ1n) is 9.50. The van der Waals surface area contributed by atoms with Crippen LogP contribution in [0.3, 0.4) is 0 Å². The fourth-order valence-corrected chi connectivity index (χ4v) is 3.40. The number of carbonyl (C=O) groups excluding carboxylic acids is 1. The summed E-state index contributed by atoms with van der Waals surface area (Å²) in [6.07, 6.45) is 2.42. The molecule has 0 saturated heterocycles. The normalized spacial score (nSPS) is 13.6. The second-order valence-electron chi connectivity index (χ2n) is 7.48. The van der Waals surface area contributed by atoms with Crippen molar-refractivity contribution in [2.45, 2.75) is 59.5 Å². The zero-order valence-corrected chi connectivity index (χ0v) is 16.9. The van der Waals surface area contributed by atoms with Gasteiger partial charge < -0.3 is 15.0 Å². The number of carboxylic acids is 1. The van der Waals surface area contributed by atoms with Crippen LogP contribution >= 0.6 is 0 Å². The van der Waals surface area contributed by atoms with Gasteiger partial charge in [0.15, 0.2) is 0 Å². The molecule has 0 aliphatic carbocycles. The topological polar surface area (TPSA) is 71.3 Å². The highest BCUT2D eigenvalue weighted by molar-refractivity contribution is 6.03. The lowest BCUT2D eigenvalue weighted by Crippen LogP contribution is -2.45. The molecule has 2 N–H and O–H groups in total. The summed E-state index contributed by atoms with van der Waals surface area (Å²) in [7, 11) is 0. The van der Waals surface area contributed by atoms with E-state index >= 15 is 0 Å². The van der Waals surface area contributed by atoms with Crippen molar-refractivity contribution in [1.82, 2.24) is 9.88 Å². The van der Waals surface area contributed by atoms with Gasteiger partial charge in [-0.2, -0.15) is 0 Å². The molecule has 5 heteroatoms. The molecular formula is C22H30N2O3. The zero-order chi connectivity index (χ0) is 20.3. The minimum atomic E-state index is -1.01. The monoisotopic (exact) mass is 370 g/mol. The van der Waals surface area contributed by atoms with Crippen LogP contribution in [0.5, 0.6) is 0 Å². The number of rotatable bonds is 8. The molecular weight excluding hydrogens is 340 g/mol. The Kier molecular flexibility index (Phi) is 6.47. The number of carbonyl (C=O) groups is 2. The van der Waals surface area contributed by atoms with E-state index in [1.54, 1.807) is 6.08 Å². The number of allylic oxidation sites excluding steroid dienone is 1. The van der Waals surface area contributed by atoms with Crippen LogP contribution in [0.15, 0.2) is 30.9 Å². The van der Waals surface area contributed by atoms with Crippen LogP contribution in [-0.2, 0) is 11.3 Å². The number of hydrogen-bond donors (Lipinski definition) is 2. The molecule has 1 heterocycles. The van der Waals surface area contributed by atoms with Gasteiger partial charge in [0, 0.05) is 17.4 Å². The molecule has 0 bridgehead atoms. The molecule has 0 fully saturated rings. The Morgan fingerprint density at radius 3 is 2.48 bits per heavy atom. The van der Waals surface area contributed by atoms with Gasteiger partial charge in [-0.1, -0.05) is 46.3 Å². The van der Waals surface area contributed by atoms with Crippen molar-refractivity contribution in [2.24, 2.45) is 5.92 Å². The van der Waals surface area contributed by atoms with Gasteiger partial charge in [0.1, 0.15) is 11.7 Å². The molecule has 2 aromatic rings. The number of nitrogens with one attached hydrogen (secondary N) is 1. The van der Waals surface area contributed by atoms with Crippen molar-refractivity contribution in [3.63, 3.8) is 0 Å². The fraction of sp³-hybridized carbons (Fsp3) is 0.455. The molecule has 0 radical (unpaired) electrons. The quantitative estimate of drug-likeness (QED) is 0.673. The molecule has 0 saturated carbocycles. The van der Waals surface area contributed by atoms with Crippen molar-refractivity contribution < 1.29 is 14.7 Å². The lowest BCUT2D eigenvalue weighted by molar-refractivity contribution is -0.140. The first kappa shape index (κ1) is 20.7. The number of nitrogens with zero attached hydrogens (tertiary/aromatic N) is 1. The molecule has 1 aromatic heterocycles. The van der Waals surface area contributed by atoms with Crippen LogP contribution in [0.25, 0.3) is 10.9 Å². The molecule has 0 aliphatic rings. The van der Waals surface area contributed by atoms with Crippen LogP contribution in [-0.4, -0.2) is 27.6 Å². The largest absolute Gasteiger partial charge is 0.480 e. The Morgan fingerprint density at radius 2 is 1.96 bits per heavy atom. The number of amides is 1. The standard InChI is InChI=1S/C22H30N2O3/c1-7-11-24-18-10-9-16(13(3)4)12-17(18)15(6)20(24)21(25)23-19(22(26)27)14(5)8-2/h7,9-10,12-14,19H,1,8,11H2,2-6H3,(H,23,25)(H,26,27). The number of hydrogen-bond acceptors (Lipinski definition) is 2. The highest BCUT2D eigenvalue weighted by Crippen LogP contribution is 2.29. The fourth-order valence-electron chi connectivity index (χ4n) is 3.40. The second-order valence-corrected chi connectivity index (χ2v) is 7.48. The number of fused-ring (bicyclic) bond motifs is 1. The van der Waals surface area contributed by atoms with Crippen molar-refractivity contribution in [3.8, 4) is 0 Å². The van der Waals surface area contributed by atoms with E-state index in [0.717, 1.165) is 16.5 Å². The first-order chi connectivity index (χ1) is 12.7. The molecule has 5 nitrogen and oxygen atoms in total. The highest BCUT2D eigenvalue weighted by atomic mass is 16.4. The predicted octanol–water partition coefficient (Wildman–Crippen LogP) is 4.49. The number of aryl methyl sites for hydroxylation is 1. The number of benzene rings is 1. The van der Waals surface area contributed by atoms with E-state index in [0.29, 0.717) is 24.6 Å². The summed E-state index contributed by atoms with van der Waals surface area (Å²) in [5.74, 6) is -1.14. The Hall–Kier alpha value is -2.56. The Labute approximate surface area is 161 Å². The minimum absolute atomic E-state index is 0.156. The maximum Gasteiger partial charge on any atom is 0.326 e. The highest BCUT2D eigenvalue weighted by Gasteiger charge is 2.28. The third-order valence-corrected chi connectivity index (χ3v) is 5.30. The molecule has 2 atom stereocenters. The molecule has 2 rings (SSSR count). The summed E-state index contributed by atoms with van der Waals surface area (Å²) < 4.78 is 1.91. The third kappa shape index (κ3) is 4.07. The molecule has 27 heavy (non-hydrogen) atoms. The first-order valence-corrected chi connectivity index (χ1v) is 9.50. The van der Waals surface area contributed by atoms with Crippen LogP contribution in [0.2, 0.25) is 0 Å². The number of aromatic nitrogens is 1. The number of aliphatic carboxylic acids is 1. The zero-order valence-electron chi connectivity index (χ0n) is 16.9. The van der Waals surface area contributed by atoms with Crippen LogP contribution in [0, 0.1) is 12.8 Å². The SMILES string of the molecule is C=CCn1c(C(=O)NC(C(=O)O)C(C)CC)c(C)c2cc(C(C)C)ccc21. The average Bonchev–Trinajstić information content (AvgIpc) is 2.90. The van der Waals surface area contributed by atoms with Gasteiger partial charge >= 0.3 is 5.97 Å². The lowest BCUT2D eigenvalue weighted by atomic mass is 9.98. The Bertz CT molecular complexity index is 864. The molecule has 0 aliphatic heterocycles. The van der Waals surface area contributed by atoms with E-state index < -0.39 is 12.0 Å². The maximum absolute atomic E-state index is 13.1. The Morgan fingerprint density at radius 1 is 1.30 bits per heavy atom. The van der Waals surface area contributed by atoms with Crippen LogP contribution < -0.4 is 5.32 Å². The minimum Gasteiger partial charge on any atom is -0.480 e. The van der Waals surface area contributed by atoms with E-state index in [-0.39, 0.29) is 11.8 Å². The summed E-state index contributed by atoms with van der Waals surface area (Å²) in [6, 6.07) is 5.31. The van der Waals surface area contributed by atoms with E-state index in [1.807, 2.05) is 31.4 Å². The van der Waals surface area contributed by atoms with Gasteiger partial charge in [0.25, 0.3) is 5.91 Å². The van der Waals surface area contributed by atoms with E-state index in [1.165, 1.54) is 5.56 Å².